The lowest BCUT2D eigenvalue weighted by molar-refractivity contribution is -0.123. The van der Waals surface area contributed by atoms with Crippen molar-refractivity contribution in [2.45, 2.75) is 11.8 Å². The molecule has 1 atom stereocenters. The number of carbonyl (C=O) groups is 1. The SMILES string of the molecule is NC(=O)C(c1ccccc1)(c1ccccc1)C1CCN(CCN2CCNCC2)C1. The van der Waals surface area contributed by atoms with Crippen LogP contribution in [0.5, 0.6) is 0 Å². The predicted octanol–water partition coefficient (Wildman–Crippen LogP) is 1.69. The quantitative estimate of drug-likeness (QED) is 0.753. The predicted molar refractivity (Wildman–Crippen MR) is 117 cm³/mol. The molecule has 2 aliphatic heterocycles. The standard InChI is InChI=1S/C24H32N4O/c25-23(29)24(20-7-3-1-4-8-20,21-9-5-2-6-10-21)22-11-14-28(19-22)18-17-27-15-12-26-13-16-27/h1-10,22,26H,11-19H2,(H2,25,29). The fourth-order valence-electron chi connectivity index (χ4n) is 5.13. The van der Waals surface area contributed by atoms with E-state index in [-0.39, 0.29) is 11.8 Å². The minimum Gasteiger partial charge on any atom is -0.369 e. The van der Waals surface area contributed by atoms with Crippen LogP contribution in [0.25, 0.3) is 0 Å². The van der Waals surface area contributed by atoms with Gasteiger partial charge in [-0.25, -0.2) is 0 Å². The van der Waals surface area contributed by atoms with E-state index in [0.717, 1.165) is 69.9 Å². The summed E-state index contributed by atoms with van der Waals surface area (Å²) in [5, 5.41) is 3.41. The molecule has 2 heterocycles. The van der Waals surface area contributed by atoms with Crippen LogP contribution in [-0.2, 0) is 10.2 Å². The van der Waals surface area contributed by atoms with Gasteiger partial charge in [0.1, 0.15) is 5.41 Å². The molecule has 2 aromatic carbocycles. The number of nitrogens with two attached hydrogens (primary N) is 1. The number of likely N-dealkylation sites (tertiary alicyclic amines) is 1. The van der Waals surface area contributed by atoms with Gasteiger partial charge in [-0.1, -0.05) is 60.7 Å². The van der Waals surface area contributed by atoms with Crippen molar-refractivity contribution >= 4 is 5.91 Å². The summed E-state index contributed by atoms with van der Waals surface area (Å²) in [5.74, 6) is -0.0725. The minimum absolute atomic E-state index is 0.174. The Bertz CT molecular complexity index is 750. The molecule has 0 spiro atoms. The zero-order chi connectivity index (χ0) is 20.1. The van der Waals surface area contributed by atoms with Gasteiger partial charge >= 0.3 is 0 Å². The highest BCUT2D eigenvalue weighted by molar-refractivity contribution is 5.91. The molecule has 1 amide bonds. The van der Waals surface area contributed by atoms with Crippen LogP contribution in [0.1, 0.15) is 17.5 Å². The molecule has 0 aromatic heterocycles. The molecule has 3 N–H and O–H groups in total. The highest BCUT2D eigenvalue weighted by Gasteiger charge is 2.49. The van der Waals surface area contributed by atoms with Gasteiger partial charge in [-0.05, 0) is 30.0 Å². The molecule has 2 saturated heterocycles. The van der Waals surface area contributed by atoms with E-state index in [2.05, 4.69) is 39.4 Å². The van der Waals surface area contributed by atoms with E-state index in [9.17, 15) is 4.79 Å². The summed E-state index contributed by atoms with van der Waals surface area (Å²) in [6.07, 6.45) is 0.980. The summed E-state index contributed by atoms with van der Waals surface area (Å²) in [7, 11) is 0. The van der Waals surface area contributed by atoms with Gasteiger partial charge in [-0.15, -0.1) is 0 Å². The number of benzene rings is 2. The lowest BCUT2D eigenvalue weighted by Crippen LogP contribution is -2.49. The number of piperazine rings is 1. The van der Waals surface area contributed by atoms with Gasteiger partial charge in [-0.2, -0.15) is 0 Å². The Kier molecular flexibility index (Phi) is 6.28. The number of carbonyl (C=O) groups excluding carboxylic acids is 1. The Hall–Kier alpha value is -2.21. The van der Waals surface area contributed by atoms with Crippen molar-refractivity contribution in [3.8, 4) is 0 Å². The van der Waals surface area contributed by atoms with Crippen molar-refractivity contribution in [3.05, 3.63) is 71.8 Å². The van der Waals surface area contributed by atoms with Crippen LogP contribution >= 0.6 is 0 Å². The number of hydrogen-bond acceptors (Lipinski definition) is 4. The smallest absolute Gasteiger partial charge is 0.232 e. The van der Waals surface area contributed by atoms with Crippen molar-refractivity contribution < 1.29 is 4.79 Å². The first kappa shape index (κ1) is 20.1. The van der Waals surface area contributed by atoms with Crippen molar-refractivity contribution in [1.82, 2.24) is 15.1 Å². The van der Waals surface area contributed by atoms with Gasteiger partial charge in [0.05, 0.1) is 0 Å². The molecule has 2 aliphatic rings. The highest BCUT2D eigenvalue weighted by atomic mass is 16.1. The highest BCUT2D eigenvalue weighted by Crippen LogP contribution is 2.43. The third-order valence-corrected chi connectivity index (χ3v) is 6.67. The molecule has 0 bridgehead atoms. The first-order valence-electron chi connectivity index (χ1n) is 10.8. The van der Waals surface area contributed by atoms with Gasteiger partial charge in [0.15, 0.2) is 0 Å². The number of amides is 1. The average Bonchev–Trinajstić information content (AvgIpc) is 3.24. The van der Waals surface area contributed by atoms with Gasteiger partial charge in [0.25, 0.3) is 0 Å². The summed E-state index contributed by atoms with van der Waals surface area (Å²) in [5.41, 5.74) is 7.41. The maximum Gasteiger partial charge on any atom is 0.232 e. The van der Waals surface area contributed by atoms with E-state index >= 15 is 0 Å². The van der Waals surface area contributed by atoms with Crippen LogP contribution in [-0.4, -0.2) is 68.1 Å². The average molecular weight is 393 g/mol. The lowest BCUT2D eigenvalue weighted by atomic mass is 9.64. The zero-order valence-corrected chi connectivity index (χ0v) is 17.1. The molecule has 4 rings (SSSR count). The normalized spacial score (nSPS) is 21.3. The molecule has 2 aromatic rings. The van der Waals surface area contributed by atoms with Crippen LogP contribution in [0.15, 0.2) is 60.7 Å². The molecule has 5 nitrogen and oxygen atoms in total. The summed E-state index contributed by atoms with van der Waals surface area (Å²) in [4.78, 5) is 18.1. The largest absolute Gasteiger partial charge is 0.369 e. The number of hydrogen-bond donors (Lipinski definition) is 2. The molecule has 0 aliphatic carbocycles. The van der Waals surface area contributed by atoms with Gasteiger partial charge in [0, 0.05) is 45.8 Å². The topological polar surface area (TPSA) is 61.6 Å². The van der Waals surface area contributed by atoms with Crippen molar-refractivity contribution in [2.75, 3.05) is 52.4 Å². The zero-order valence-electron chi connectivity index (χ0n) is 17.1. The first-order chi connectivity index (χ1) is 14.2. The Labute approximate surface area is 173 Å². The second-order valence-electron chi connectivity index (χ2n) is 8.28. The van der Waals surface area contributed by atoms with E-state index < -0.39 is 5.41 Å². The Morgan fingerprint density at radius 2 is 1.45 bits per heavy atom. The second kappa shape index (κ2) is 9.08. The fraction of sp³-hybridized carbons (Fsp3) is 0.458. The monoisotopic (exact) mass is 392 g/mol. The molecule has 1 unspecified atom stereocenters. The van der Waals surface area contributed by atoms with Crippen molar-refractivity contribution in [1.29, 1.82) is 0 Å². The summed E-state index contributed by atoms with van der Waals surface area (Å²) < 4.78 is 0. The van der Waals surface area contributed by atoms with Crippen LogP contribution in [0.2, 0.25) is 0 Å². The Morgan fingerprint density at radius 1 is 0.897 bits per heavy atom. The van der Waals surface area contributed by atoms with Crippen LogP contribution in [0, 0.1) is 5.92 Å². The van der Waals surface area contributed by atoms with Gasteiger partial charge in [0.2, 0.25) is 5.91 Å². The number of nitrogens with zero attached hydrogens (tertiary/aromatic N) is 2. The third-order valence-electron chi connectivity index (χ3n) is 6.67. The summed E-state index contributed by atoms with van der Waals surface area (Å²) >= 11 is 0. The molecule has 0 saturated carbocycles. The number of nitrogens with one attached hydrogen (secondary N) is 1. The summed E-state index contributed by atoms with van der Waals surface area (Å²) in [6.45, 7) is 8.46. The molecule has 0 radical (unpaired) electrons. The molecule has 29 heavy (non-hydrogen) atoms. The number of primary amides is 1. The van der Waals surface area contributed by atoms with E-state index in [1.807, 2.05) is 36.4 Å². The molecule has 5 heteroatoms. The Balaban J connectivity index is 1.58. The lowest BCUT2D eigenvalue weighted by Gasteiger charge is -2.37. The van der Waals surface area contributed by atoms with Crippen LogP contribution in [0.4, 0.5) is 0 Å². The molecular weight excluding hydrogens is 360 g/mol. The van der Waals surface area contributed by atoms with E-state index in [4.69, 9.17) is 5.73 Å². The molecular formula is C24H32N4O. The van der Waals surface area contributed by atoms with Crippen LogP contribution in [0.3, 0.4) is 0 Å². The van der Waals surface area contributed by atoms with E-state index in [0.29, 0.717) is 0 Å². The van der Waals surface area contributed by atoms with Crippen molar-refractivity contribution in [3.63, 3.8) is 0 Å². The maximum absolute atomic E-state index is 13.1. The van der Waals surface area contributed by atoms with Crippen LogP contribution < -0.4 is 11.1 Å². The second-order valence-corrected chi connectivity index (χ2v) is 8.28. The first-order valence-corrected chi connectivity index (χ1v) is 10.8. The minimum atomic E-state index is -0.785. The maximum atomic E-state index is 13.1. The molecule has 2 fully saturated rings. The van der Waals surface area contributed by atoms with E-state index in [1.54, 1.807) is 0 Å². The van der Waals surface area contributed by atoms with Gasteiger partial charge in [-0.3, -0.25) is 9.69 Å². The number of rotatable bonds is 7. The summed E-state index contributed by atoms with van der Waals surface area (Å²) in [6, 6.07) is 20.2. The van der Waals surface area contributed by atoms with Crippen molar-refractivity contribution in [2.24, 2.45) is 11.7 Å². The molecule has 154 valence electrons. The Morgan fingerprint density at radius 3 is 2.00 bits per heavy atom. The van der Waals surface area contributed by atoms with E-state index in [1.165, 1.54) is 0 Å². The fourth-order valence-corrected chi connectivity index (χ4v) is 5.13. The third kappa shape index (κ3) is 4.08. The van der Waals surface area contributed by atoms with Gasteiger partial charge < -0.3 is 16.0 Å².